The van der Waals surface area contributed by atoms with Crippen molar-refractivity contribution in [3.8, 4) is 0 Å². The standard InChI is InChI=1S/C9H9NOS/c1-8(11)10(7-12)9-5-3-2-4-6-9/h2-7H,1H3. The fourth-order valence-corrected chi connectivity index (χ4v) is 1.18. The van der Waals surface area contributed by atoms with Gasteiger partial charge in [-0.3, -0.25) is 9.69 Å². The maximum atomic E-state index is 11.0. The molecule has 0 N–H and O–H groups in total. The maximum absolute atomic E-state index is 11.0. The van der Waals surface area contributed by atoms with E-state index in [-0.39, 0.29) is 5.91 Å². The first-order chi connectivity index (χ1) is 5.75. The quantitative estimate of drug-likeness (QED) is 0.647. The third kappa shape index (κ3) is 1.89. The van der Waals surface area contributed by atoms with E-state index in [0.717, 1.165) is 5.69 Å². The summed E-state index contributed by atoms with van der Waals surface area (Å²) in [4.78, 5) is 12.4. The summed E-state index contributed by atoms with van der Waals surface area (Å²) in [5, 5.41) is 0. The predicted octanol–water partition coefficient (Wildman–Crippen LogP) is 2.00. The first-order valence-electron chi connectivity index (χ1n) is 3.56. The van der Waals surface area contributed by atoms with Crippen molar-refractivity contribution < 1.29 is 4.79 Å². The van der Waals surface area contributed by atoms with E-state index in [4.69, 9.17) is 12.2 Å². The summed E-state index contributed by atoms with van der Waals surface area (Å²) >= 11 is 4.71. The molecule has 0 heterocycles. The lowest BCUT2D eigenvalue weighted by Crippen LogP contribution is -2.25. The topological polar surface area (TPSA) is 20.3 Å². The highest BCUT2D eigenvalue weighted by Crippen LogP contribution is 2.11. The number of hydrogen-bond acceptors (Lipinski definition) is 2. The second-order valence-corrected chi connectivity index (χ2v) is 2.54. The van der Waals surface area contributed by atoms with Crippen LogP contribution in [-0.2, 0) is 4.79 Å². The van der Waals surface area contributed by atoms with Crippen LogP contribution in [0.1, 0.15) is 6.92 Å². The molecule has 0 atom stereocenters. The lowest BCUT2D eigenvalue weighted by atomic mass is 10.3. The predicted molar refractivity (Wildman–Crippen MR) is 53.3 cm³/mol. The van der Waals surface area contributed by atoms with Crippen molar-refractivity contribution in [2.45, 2.75) is 6.92 Å². The average Bonchev–Trinajstić information content (AvgIpc) is 2.07. The second-order valence-electron chi connectivity index (χ2n) is 2.33. The largest absolute Gasteiger partial charge is 0.278 e. The van der Waals surface area contributed by atoms with Crippen molar-refractivity contribution in [2.24, 2.45) is 0 Å². The molecule has 1 rings (SSSR count). The Morgan fingerprint density at radius 2 is 2.00 bits per heavy atom. The van der Waals surface area contributed by atoms with Crippen LogP contribution in [0.3, 0.4) is 0 Å². The Bertz CT molecular complexity index is 284. The number of anilines is 1. The molecule has 0 aliphatic rings. The molecule has 0 saturated heterocycles. The average molecular weight is 179 g/mol. The Hall–Kier alpha value is -1.22. The van der Waals surface area contributed by atoms with E-state index >= 15 is 0 Å². The molecule has 1 aromatic rings. The van der Waals surface area contributed by atoms with E-state index in [2.05, 4.69) is 0 Å². The molecule has 0 fully saturated rings. The molecular weight excluding hydrogens is 170 g/mol. The van der Waals surface area contributed by atoms with Gasteiger partial charge in [0.2, 0.25) is 5.91 Å². The van der Waals surface area contributed by atoms with Gasteiger partial charge in [0, 0.05) is 12.6 Å². The Labute approximate surface area is 76.8 Å². The fraction of sp³-hybridized carbons (Fsp3) is 0.111. The number of rotatable bonds is 2. The summed E-state index contributed by atoms with van der Waals surface area (Å²) in [7, 11) is 0. The molecule has 3 heteroatoms. The lowest BCUT2D eigenvalue weighted by molar-refractivity contribution is -0.115. The van der Waals surface area contributed by atoms with Crippen LogP contribution >= 0.6 is 12.2 Å². The molecule has 0 bridgehead atoms. The number of amides is 1. The molecule has 0 aliphatic heterocycles. The van der Waals surface area contributed by atoms with Gasteiger partial charge in [-0.25, -0.2) is 0 Å². The van der Waals surface area contributed by atoms with Crippen LogP contribution < -0.4 is 4.90 Å². The molecule has 0 unspecified atom stereocenters. The first kappa shape index (κ1) is 8.87. The molecule has 1 amide bonds. The second kappa shape index (κ2) is 3.97. The maximum Gasteiger partial charge on any atom is 0.228 e. The molecule has 0 spiro atoms. The molecule has 1 aromatic carbocycles. The number of nitrogens with zero attached hydrogens (tertiary/aromatic N) is 1. The van der Waals surface area contributed by atoms with Gasteiger partial charge in [0.1, 0.15) is 0 Å². The van der Waals surface area contributed by atoms with Gasteiger partial charge in [0.05, 0.1) is 5.49 Å². The third-order valence-electron chi connectivity index (χ3n) is 1.48. The van der Waals surface area contributed by atoms with Crippen LogP contribution in [0.2, 0.25) is 0 Å². The monoisotopic (exact) mass is 179 g/mol. The summed E-state index contributed by atoms with van der Waals surface area (Å²) in [6.07, 6.45) is 0. The normalized spacial score (nSPS) is 9.08. The summed E-state index contributed by atoms with van der Waals surface area (Å²) in [6, 6.07) is 9.30. The van der Waals surface area contributed by atoms with Crippen LogP contribution in [-0.4, -0.2) is 11.4 Å². The summed E-state index contributed by atoms with van der Waals surface area (Å²) in [5.74, 6) is -0.0730. The van der Waals surface area contributed by atoms with E-state index < -0.39 is 0 Å². The van der Waals surface area contributed by atoms with E-state index in [0.29, 0.717) is 0 Å². The SMILES string of the molecule is CC(=O)N(C=S)c1ccccc1. The van der Waals surface area contributed by atoms with Crippen molar-refractivity contribution >= 4 is 29.3 Å². The van der Waals surface area contributed by atoms with Crippen LogP contribution in [0.5, 0.6) is 0 Å². The highest BCUT2D eigenvalue weighted by molar-refractivity contribution is 7.79. The van der Waals surface area contributed by atoms with Crippen LogP contribution in [0, 0.1) is 0 Å². The van der Waals surface area contributed by atoms with E-state index in [1.807, 2.05) is 30.3 Å². The van der Waals surface area contributed by atoms with Crippen molar-refractivity contribution in [1.82, 2.24) is 0 Å². The van der Waals surface area contributed by atoms with Crippen LogP contribution in [0.4, 0.5) is 5.69 Å². The van der Waals surface area contributed by atoms with Crippen molar-refractivity contribution in [3.63, 3.8) is 0 Å². The highest BCUT2D eigenvalue weighted by Gasteiger charge is 2.05. The highest BCUT2D eigenvalue weighted by atomic mass is 32.1. The molecular formula is C9H9NOS. The molecule has 62 valence electrons. The van der Waals surface area contributed by atoms with Gasteiger partial charge in [0.15, 0.2) is 0 Å². The van der Waals surface area contributed by atoms with Gasteiger partial charge in [-0.1, -0.05) is 30.4 Å². The Balaban J connectivity index is 2.95. The van der Waals surface area contributed by atoms with Crippen molar-refractivity contribution in [1.29, 1.82) is 0 Å². The molecule has 0 aromatic heterocycles. The number of benzene rings is 1. The Kier molecular flexibility index (Phi) is 2.94. The molecule has 0 radical (unpaired) electrons. The van der Waals surface area contributed by atoms with Gasteiger partial charge in [-0.15, -0.1) is 0 Å². The summed E-state index contributed by atoms with van der Waals surface area (Å²) in [5.41, 5.74) is 2.15. The molecule has 0 aliphatic carbocycles. The zero-order valence-electron chi connectivity index (χ0n) is 6.73. The summed E-state index contributed by atoms with van der Waals surface area (Å²) in [6.45, 7) is 1.48. The number of carbonyl (C=O) groups is 1. The van der Waals surface area contributed by atoms with Crippen LogP contribution in [0.15, 0.2) is 30.3 Å². The minimum Gasteiger partial charge on any atom is -0.278 e. The molecule has 12 heavy (non-hydrogen) atoms. The number of thiocarbonyl (C=S) groups is 1. The lowest BCUT2D eigenvalue weighted by Gasteiger charge is -2.13. The zero-order chi connectivity index (χ0) is 8.97. The van der Waals surface area contributed by atoms with E-state index in [9.17, 15) is 4.79 Å². The van der Waals surface area contributed by atoms with Gasteiger partial charge in [-0.05, 0) is 12.1 Å². The first-order valence-corrected chi connectivity index (χ1v) is 4.03. The fourth-order valence-electron chi connectivity index (χ4n) is 0.905. The smallest absolute Gasteiger partial charge is 0.228 e. The third-order valence-corrected chi connectivity index (χ3v) is 1.69. The summed E-state index contributed by atoms with van der Waals surface area (Å²) < 4.78 is 0. The van der Waals surface area contributed by atoms with Gasteiger partial charge in [-0.2, -0.15) is 0 Å². The van der Waals surface area contributed by atoms with Crippen molar-refractivity contribution in [3.05, 3.63) is 30.3 Å². The minimum atomic E-state index is -0.0730. The van der Waals surface area contributed by atoms with E-state index in [1.54, 1.807) is 0 Å². The zero-order valence-corrected chi connectivity index (χ0v) is 7.54. The molecule has 0 saturated carbocycles. The van der Waals surface area contributed by atoms with Gasteiger partial charge < -0.3 is 0 Å². The van der Waals surface area contributed by atoms with Crippen LogP contribution in [0.25, 0.3) is 0 Å². The van der Waals surface area contributed by atoms with Crippen molar-refractivity contribution in [2.75, 3.05) is 4.90 Å². The van der Waals surface area contributed by atoms with E-state index in [1.165, 1.54) is 17.3 Å². The number of carbonyl (C=O) groups excluding carboxylic acids is 1. The Morgan fingerprint density at radius 1 is 1.42 bits per heavy atom. The number of hydrogen-bond donors (Lipinski definition) is 0. The number of para-hydroxylation sites is 1. The Morgan fingerprint density at radius 3 is 2.42 bits per heavy atom. The van der Waals surface area contributed by atoms with Gasteiger partial charge in [0.25, 0.3) is 0 Å². The minimum absolute atomic E-state index is 0.0730. The molecule has 2 nitrogen and oxygen atoms in total. The van der Waals surface area contributed by atoms with Gasteiger partial charge >= 0.3 is 0 Å².